The first kappa shape index (κ1) is 15.6. The minimum Gasteiger partial charge on any atom is -0.398 e. The molecule has 0 spiro atoms. The SMILES string of the molecule is Nc1ccc(S(=O)(=O)N(CCO)CCO)c2ncccc12. The maximum atomic E-state index is 12.7. The van der Waals surface area contributed by atoms with Crippen LogP contribution >= 0.6 is 0 Å². The van der Waals surface area contributed by atoms with Gasteiger partial charge in [0.15, 0.2) is 0 Å². The number of aliphatic hydroxyl groups is 2. The van der Waals surface area contributed by atoms with E-state index in [1.54, 1.807) is 12.1 Å². The Kier molecular flexibility index (Phi) is 4.73. The number of sulfonamides is 1. The van der Waals surface area contributed by atoms with Gasteiger partial charge in [0.2, 0.25) is 10.0 Å². The van der Waals surface area contributed by atoms with Gasteiger partial charge in [-0.1, -0.05) is 0 Å². The minimum absolute atomic E-state index is 0.00852. The Hall–Kier alpha value is -1.74. The van der Waals surface area contributed by atoms with Crippen molar-refractivity contribution in [3.05, 3.63) is 30.5 Å². The third-order valence-corrected chi connectivity index (χ3v) is 5.01. The largest absolute Gasteiger partial charge is 0.398 e. The molecule has 0 bridgehead atoms. The molecule has 0 aliphatic rings. The number of aliphatic hydroxyl groups excluding tert-OH is 2. The molecule has 1 aromatic heterocycles. The lowest BCUT2D eigenvalue weighted by Crippen LogP contribution is -2.36. The van der Waals surface area contributed by atoms with Crippen molar-refractivity contribution >= 4 is 26.6 Å². The second-order valence-corrected chi connectivity index (χ2v) is 6.31. The first-order valence-electron chi connectivity index (χ1n) is 6.37. The molecule has 2 aromatic rings. The van der Waals surface area contributed by atoms with Crippen LogP contribution in [0.3, 0.4) is 0 Å². The second kappa shape index (κ2) is 6.35. The highest BCUT2D eigenvalue weighted by Gasteiger charge is 2.26. The number of nitrogen functional groups attached to an aromatic ring is 1. The van der Waals surface area contributed by atoms with E-state index in [0.717, 1.165) is 4.31 Å². The number of nitrogens with zero attached hydrogens (tertiary/aromatic N) is 2. The summed E-state index contributed by atoms with van der Waals surface area (Å²) >= 11 is 0. The molecule has 0 radical (unpaired) electrons. The van der Waals surface area contributed by atoms with Gasteiger partial charge in [-0.2, -0.15) is 4.31 Å². The molecule has 0 unspecified atom stereocenters. The maximum Gasteiger partial charge on any atom is 0.245 e. The zero-order valence-corrected chi connectivity index (χ0v) is 12.1. The summed E-state index contributed by atoms with van der Waals surface area (Å²) in [5.74, 6) is 0. The average Bonchev–Trinajstić information content (AvgIpc) is 2.47. The van der Waals surface area contributed by atoms with E-state index in [9.17, 15) is 8.42 Å². The Bertz CT molecular complexity index is 727. The van der Waals surface area contributed by atoms with Crippen LogP contribution in [0.25, 0.3) is 10.9 Å². The zero-order chi connectivity index (χ0) is 15.5. The molecule has 0 aliphatic carbocycles. The van der Waals surface area contributed by atoms with Crippen molar-refractivity contribution in [3.8, 4) is 0 Å². The first-order valence-corrected chi connectivity index (χ1v) is 7.81. The lowest BCUT2D eigenvalue weighted by Gasteiger charge is -2.21. The topological polar surface area (TPSA) is 117 Å². The number of rotatable bonds is 6. The molecule has 0 fully saturated rings. The predicted molar refractivity (Wildman–Crippen MR) is 79.1 cm³/mol. The minimum atomic E-state index is -3.87. The van der Waals surface area contributed by atoms with Crippen molar-refractivity contribution in [3.63, 3.8) is 0 Å². The van der Waals surface area contributed by atoms with Crippen molar-refractivity contribution in [2.75, 3.05) is 32.0 Å². The van der Waals surface area contributed by atoms with Gasteiger partial charge in [0.1, 0.15) is 4.90 Å². The van der Waals surface area contributed by atoms with Crippen molar-refractivity contribution in [2.24, 2.45) is 0 Å². The van der Waals surface area contributed by atoms with Gasteiger partial charge in [0, 0.05) is 30.4 Å². The summed E-state index contributed by atoms with van der Waals surface area (Å²) in [7, 11) is -3.87. The molecule has 1 heterocycles. The van der Waals surface area contributed by atoms with Crippen LogP contribution < -0.4 is 5.73 Å². The summed E-state index contributed by atoms with van der Waals surface area (Å²) in [6.45, 7) is -0.859. The number of pyridine rings is 1. The Morgan fingerprint density at radius 3 is 2.43 bits per heavy atom. The van der Waals surface area contributed by atoms with Crippen LogP contribution in [0.5, 0.6) is 0 Å². The standard InChI is InChI=1S/C13H17N3O4S/c14-11-3-4-12(13-10(11)2-1-5-15-13)21(19,20)16(6-8-17)7-9-18/h1-5,17-18H,6-9,14H2. The fourth-order valence-corrected chi connectivity index (χ4v) is 3.66. The van der Waals surface area contributed by atoms with Crippen LogP contribution in [0.4, 0.5) is 5.69 Å². The molecule has 0 atom stereocenters. The summed E-state index contributed by atoms with van der Waals surface area (Å²) in [6.07, 6.45) is 1.49. The fraction of sp³-hybridized carbons (Fsp3) is 0.308. The second-order valence-electron chi connectivity index (χ2n) is 4.40. The lowest BCUT2D eigenvalue weighted by atomic mass is 10.2. The first-order chi connectivity index (χ1) is 10.0. The Balaban J connectivity index is 2.62. The van der Waals surface area contributed by atoms with Gasteiger partial charge in [-0.15, -0.1) is 0 Å². The predicted octanol–water partition coefficient (Wildman–Crippen LogP) is -0.208. The van der Waals surface area contributed by atoms with E-state index in [1.165, 1.54) is 18.3 Å². The molecule has 4 N–H and O–H groups in total. The molecular weight excluding hydrogens is 294 g/mol. The number of aromatic nitrogens is 1. The molecule has 114 valence electrons. The third-order valence-electron chi connectivity index (χ3n) is 3.08. The molecule has 0 saturated carbocycles. The number of hydrogen-bond donors (Lipinski definition) is 3. The normalized spacial score (nSPS) is 12.1. The zero-order valence-electron chi connectivity index (χ0n) is 11.3. The lowest BCUT2D eigenvalue weighted by molar-refractivity contribution is 0.217. The van der Waals surface area contributed by atoms with Crippen molar-refractivity contribution in [1.82, 2.24) is 9.29 Å². The van der Waals surface area contributed by atoms with E-state index in [4.69, 9.17) is 15.9 Å². The van der Waals surface area contributed by atoms with Crippen LogP contribution in [0, 0.1) is 0 Å². The smallest absolute Gasteiger partial charge is 0.245 e. The van der Waals surface area contributed by atoms with E-state index >= 15 is 0 Å². The molecular formula is C13H17N3O4S. The molecule has 2 rings (SSSR count). The number of nitrogens with two attached hydrogens (primary N) is 1. The summed E-state index contributed by atoms with van der Waals surface area (Å²) in [6, 6.07) is 6.27. The highest BCUT2D eigenvalue weighted by molar-refractivity contribution is 7.89. The quantitative estimate of drug-likeness (QED) is 0.636. The summed E-state index contributed by atoms with van der Waals surface area (Å²) in [5.41, 5.74) is 6.55. The van der Waals surface area contributed by atoms with Crippen molar-refractivity contribution in [1.29, 1.82) is 0 Å². The van der Waals surface area contributed by atoms with Gasteiger partial charge in [-0.3, -0.25) is 4.98 Å². The molecule has 7 nitrogen and oxygen atoms in total. The van der Waals surface area contributed by atoms with Gasteiger partial charge < -0.3 is 15.9 Å². The van der Waals surface area contributed by atoms with Crippen LogP contribution in [0.15, 0.2) is 35.4 Å². The van der Waals surface area contributed by atoms with Crippen molar-refractivity contribution in [2.45, 2.75) is 4.90 Å². The van der Waals surface area contributed by atoms with Crippen LogP contribution in [-0.4, -0.2) is 54.2 Å². The molecule has 21 heavy (non-hydrogen) atoms. The maximum absolute atomic E-state index is 12.7. The number of anilines is 1. The number of fused-ring (bicyclic) bond motifs is 1. The van der Waals surface area contributed by atoms with E-state index < -0.39 is 10.0 Å². The fourth-order valence-electron chi connectivity index (χ4n) is 2.09. The van der Waals surface area contributed by atoms with Crippen LogP contribution in [0.1, 0.15) is 0 Å². The summed E-state index contributed by atoms with van der Waals surface area (Å²) in [5, 5.41) is 18.6. The van der Waals surface area contributed by atoms with Gasteiger partial charge in [0.25, 0.3) is 0 Å². The van der Waals surface area contributed by atoms with Crippen LogP contribution in [0.2, 0.25) is 0 Å². The molecule has 0 saturated heterocycles. The van der Waals surface area contributed by atoms with E-state index in [0.29, 0.717) is 11.1 Å². The highest BCUT2D eigenvalue weighted by atomic mass is 32.2. The van der Waals surface area contributed by atoms with Gasteiger partial charge in [0.05, 0.1) is 18.7 Å². The average molecular weight is 311 g/mol. The number of hydrogen-bond acceptors (Lipinski definition) is 6. The highest BCUT2D eigenvalue weighted by Crippen LogP contribution is 2.27. The Morgan fingerprint density at radius 1 is 1.14 bits per heavy atom. The van der Waals surface area contributed by atoms with E-state index in [-0.39, 0.29) is 36.7 Å². The van der Waals surface area contributed by atoms with E-state index in [1.807, 2.05) is 0 Å². The summed E-state index contributed by atoms with van der Waals surface area (Å²) in [4.78, 5) is 4.11. The van der Waals surface area contributed by atoms with E-state index in [2.05, 4.69) is 4.98 Å². The Morgan fingerprint density at radius 2 is 1.81 bits per heavy atom. The van der Waals surface area contributed by atoms with Gasteiger partial charge in [-0.25, -0.2) is 8.42 Å². The van der Waals surface area contributed by atoms with Crippen molar-refractivity contribution < 1.29 is 18.6 Å². The molecule has 8 heteroatoms. The van der Waals surface area contributed by atoms with Gasteiger partial charge in [-0.05, 0) is 24.3 Å². The Labute approximate surface area is 122 Å². The molecule has 0 amide bonds. The molecule has 0 aliphatic heterocycles. The number of benzene rings is 1. The monoisotopic (exact) mass is 311 g/mol. The van der Waals surface area contributed by atoms with Crippen LogP contribution in [-0.2, 0) is 10.0 Å². The summed E-state index contributed by atoms with van der Waals surface area (Å²) < 4.78 is 26.3. The molecule has 1 aromatic carbocycles. The third kappa shape index (κ3) is 2.98. The van der Waals surface area contributed by atoms with Gasteiger partial charge >= 0.3 is 0 Å².